The van der Waals surface area contributed by atoms with Crippen LogP contribution in [0.5, 0.6) is 5.75 Å². The van der Waals surface area contributed by atoms with Gasteiger partial charge in [0, 0.05) is 12.6 Å². The Morgan fingerprint density at radius 2 is 2.00 bits per heavy atom. The number of phenols is 1. The molecule has 0 bridgehead atoms. The second-order valence-corrected chi connectivity index (χ2v) is 4.62. The fraction of sp³-hybridized carbons (Fsp3) is 0.571. The van der Waals surface area contributed by atoms with Crippen LogP contribution >= 0.6 is 0 Å². The van der Waals surface area contributed by atoms with Crippen LogP contribution in [-0.4, -0.2) is 30.4 Å². The summed E-state index contributed by atoms with van der Waals surface area (Å²) in [5.41, 5.74) is 1.26. The molecule has 1 aromatic rings. The van der Waals surface area contributed by atoms with Crippen molar-refractivity contribution in [2.24, 2.45) is 0 Å². The van der Waals surface area contributed by atoms with Gasteiger partial charge >= 0.3 is 0 Å². The lowest BCUT2D eigenvalue weighted by Crippen LogP contribution is -2.46. The lowest BCUT2D eigenvalue weighted by Gasteiger charge is -2.35. The molecule has 0 saturated heterocycles. The van der Waals surface area contributed by atoms with E-state index in [0.29, 0.717) is 17.9 Å². The predicted octanol–water partition coefficient (Wildman–Crippen LogP) is 2.09. The van der Waals surface area contributed by atoms with Gasteiger partial charge in [0.2, 0.25) is 0 Å². The van der Waals surface area contributed by atoms with Gasteiger partial charge in [0.1, 0.15) is 5.75 Å². The Bertz CT molecular complexity index is 331. The van der Waals surface area contributed by atoms with Crippen molar-refractivity contribution < 1.29 is 9.84 Å². The van der Waals surface area contributed by atoms with Gasteiger partial charge in [-0.1, -0.05) is 12.1 Å². The number of hydrogen-bond acceptors (Lipinski definition) is 3. The molecule has 1 fully saturated rings. The molecule has 1 aliphatic carbocycles. The van der Waals surface area contributed by atoms with Crippen LogP contribution in [0.2, 0.25) is 0 Å². The summed E-state index contributed by atoms with van der Waals surface area (Å²) in [6, 6.07) is 8.05. The first kappa shape index (κ1) is 12.4. The number of nitrogens with one attached hydrogen (secondary N) is 1. The molecule has 0 aliphatic heterocycles. The van der Waals surface area contributed by atoms with Crippen LogP contribution in [-0.2, 0) is 11.2 Å². The first-order valence-corrected chi connectivity index (χ1v) is 6.41. The maximum atomic E-state index is 9.17. The lowest BCUT2D eigenvalue weighted by molar-refractivity contribution is -0.00960. The predicted molar refractivity (Wildman–Crippen MR) is 68.2 cm³/mol. The Morgan fingerprint density at radius 1 is 1.29 bits per heavy atom. The molecule has 3 heteroatoms. The van der Waals surface area contributed by atoms with E-state index in [9.17, 15) is 0 Å². The van der Waals surface area contributed by atoms with Crippen LogP contribution in [0.1, 0.15) is 25.3 Å². The second kappa shape index (κ2) is 6.03. The zero-order chi connectivity index (χ0) is 12.1. The van der Waals surface area contributed by atoms with E-state index in [-0.39, 0.29) is 0 Å². The van der Waals surface area contributed by atoms with Crippen molar-refractivity contribution in [1.82, 2.24) is 5.32 Å². The van der Waals surface area contributed by atoms with Gasteiger partial charge in [-0.2, -0.15) is 0 Å². The molecule has 1 aromatic carbocycles. The van der Waals surface area contributed by atoms with Crippen LogP contribution in [0.25, 0.3) is 0 Å². The first-order valence-electron chi connectivity index (χ1n) is 6.41. The third kappa shape index (κ3) is 3.72. The number of phenolic OH excluding ortho intramolecular Hbond substituents is 1. The van der Waals surface area contributed by atoms with Gasteiger partial charge in [-0.15, -0.1) is 0 Å². The summed E-state index contributed by atoms with van der Waals surface area (Å²) in [5, 5.41) is 12.7. The van der Waals surface area contributed by atoms with Crippen molar-refractivity contribution in [3.8, 4) is 5.75 Å². The number of ether oxygens (including phenoxy) is 1. The van der Waals surface area contributed by atoms with Gasteiger partial charge in [0.15, 0.2) is 0 Å². The molecule has 1 saturated carbocycles. The van der Waals surface area contributed by atoms with E-state index < -0.39 is 0 Å². The topological polar surface area (TPSA) is 41.5 Å². The van der Waals surface area contributed by atoms with Crippen molar-refractivity contribution >= 4 is 0 Å². The second-order valence-electron chi connectivity index (χ2n) is 4.62. The smallest absolute Gasteiger partial charge is 0.115 e. The van der Waals surface area contributed by atoms with Crippen LogP contribution in [0.4, 0.5) is 0 Å². The van der Waals surface area contributed by atoms with Crippen LogP contribution in [0, 0.1) is 0 Å². The van der Waals surface area contributed by atoms with Crippen molar-refractivity contribution in [3.63, 3.8) is 0 Å². The molecular formula is C14H21NO2. The van der Waals surface area contributed by atoms with Crippen LogP contribution in [0.3, 0.4) is 0 Å². The van der Waals surface area contributed by atoms with Gasteiger partial charge < -0.3 is 15.2 Å². The van der Waals surface area contributed by atoms with Gasteiger partial charge in [-0.3, -0.25) is 0 Å². The Morgan fingerprint density at radius 3 is 2.65 bits per heavy atom. The van der Waals surface area contributed by atoms with E-state index in [4.69, 9.17) is 9.84 Å². The fourth-order valence-electron chi connectivity index (χ4n) is 2.19. The summed E-state index contributed by atoms with van der Waals surface area (Å²) >= 11 is 0. The highest BCUT2D eigenvalue weighted by Gasteiger charge is 2.28. The summed E-state index contributed by atoms with van der Waals surface area (Å²) in [4.78, 5) is 0. The van der Waals surface area contributed by atoms with E-state index in [0.717, 1.165) is 32.4 Å². The Balaban J connectivity index is 1.59. The van der Waals surface area contributed by atoms with E-state index in [1.807, 2.05) is 19.1 Å². The number of aromatic hydroxyl groups is 1. The number of rotatable bonds is 6. The summed E-state index contributed by atoms with van der Waals surface area (Å²) in [6.07, 6.45) is 3.77. The van der Waals surface area contributed by atoms with Crippen molar-refractivity contribution in [2.75, 3.05) is 13.2 Å². The summed E-state index contributed by atoms with van der Waals surface area (Å²) in [7, 11) is 0. The van der Waals surface area contributed by atoms with Gasteiger partial charge in [-0.05, 0) is 50.4 Å². The molecule has 2 N–H and O–H groups in total. The largest absolute Gasteiger partial charge is 0.508 e. The normalized spacial score (nSPS) is 23.4. The molecule has 0 spiro atoms. The monoisotopic (exact) mass is 235 g/mol. The summed E-state index contributed by atoms with van der Waals surface area (Å²) < 4.78 is 5.52. The highest BCUT2D eigenvalue weighted by molar-refractivity contribution is 5.25. The number of hydrogen-bond donors (Lipinski definition) is 2. The molecule has 17 heavy (non-hydrogen) atoms. The van der Waals surface area contributed by atoms with E-state index >= 15 is 0 Å². The van der Waals surface area contributed by atoms with E-state index in [1.165, 1.54) is 5.56 Å². The molecule has 2 rings (SSSR count). The molecule has 1 aliphatic rings. The zero-order valence-corrected chi connectivity index (χ0v) is 10.4. The molecule has 94 valence electrons. The molecule has 0 amide bonds. The molecular weight excluding hydrogens is 214 g/mol. The fourth-order valence-corrected chi connectivity index (χ4v) is 2.19. The first-order chi connectivity index (χ1) is 8.28. The van der Waals surface area contributed by atoms with Crippen LogP contribution in [0.15, 0.2) is 24.3 Å². The maximum absolute atomic E-state index is 9.17. The van der Waals surface area contributed by atoms with E-state index in [2.05, 4.69) is 5.32 Å². The van der Waals surface area contributed by atoms with E-state index in [1.54, 1.807) is 12.1 Å². The molecule has 0 radical (unpaired) electrons. The average Bonchev–Trinajstić information content (AvgIpc) is 2.28. The van der Waals surface area contributed by atoms with Crippen LogP contribution < -0.4 is 5.32 Å². The quantitative estimate of drug-likeness (QED) is 0.793. The summed E-state index contributed by atoms with van der Waals surface area (Å²) in [6.45, 7) is 3.87. The molecule has 0 heterocycles. The van der Waals surface area contributed by atoms with Crippen molar-refractivity contribution in [2.45, 2.75) is 38.3 Å². The number of benzene rings is 1. The van der Waals surface area contributed by atoms with Crippen molar-refractivity contribution in [3.05, 3.63) is 29.8 Å². The maximum Gasteiger partial charge on any atom is 0.115 e. The van der Waals surface area contributed by atoms with Gasteiger partial charge in [0.05, 0.1) is 6.10 Å². The zero-order valence-electron chi connectivity index (χ0n) is 10.4. The Kier molecular flexibility index (Phi) is 4.40. The average molecular weight is 235 g/mol. The lowest BCUT2D eigenvalue weighted by atomic mass is 9.89. The molecule has 0 unspecified atom stereocenters. The highest BCUT2D eigenvalue weighted by atomic mass is 16.5. The standard InChI is InChI=1S/C14H21NO2/c1-2-17-14-9-12(10-14)15-8-7-11-3-5-13(16)6-4-11/h3-6,12,14-16H,2,7-10H2,1H3. The summed E-state index contributed by atoms with van der Waals surface area (Å²) in [5.74, 6) is 0.334. The molecule has 0 aromatic heterocycles. The minimum Gasteiger partial charge on any atom is -0.508 e. The molecule has 0 atom stereocenters. The highest BCUT2D eigenvalue weighted by Crippen LogP contribution is 2.23. The van der Waals surface area contributed by atoms with Crippen molar-refractivity contribution in [1.29, 1.82) is 0 Å². The third-order valence-electron chi connectivity index (χ3n) is 3.28. The SMILES string of the molecule is CCOC1CC(NCCc2ccc(O)cc2)C1. The third-order valence-corrected chi connectivity index (χ3v) is 3.28. The Labute approximate surface area is 103 Å². The van der Waals surface area contributed by atoms with Gasteiger partial charge in [-0.25, -0.2) is 0 Å². The van der Waals surface area contributed by atoms with Gasteiger partial charge in [0.25, 0.3) is 0 Å². The minimum atomic E-state index is 0.334. The molecule has 3 nitrogen and oxygen atoms in total. The minimum absolute atomic E-state index is 0.334. The Hall–Kier alpha value is -1.06.